The molecule has 1 N–H and O–H groups in total. The Bertz CT molecular complexity index is 972. The number of fused-ring (bicyclic) bond motifs is 1. The van der Waals surface area contributed by atoms with Crippen molar-refractivity contribution >= 4 is 23.2 Å². The molecule has 8 nitrogen and oxygen atoms in total. The lowest BCUT2D eigenvalue weighted by Gasteiger charge is -2.29. The van der Waals surface area contributed by atoms with E-state index in [1.54, 1.807) is 11.3 Å². The molecule has 0 bridgehead atoms. The van der Waals surface area contributed by atoms with Crippen molar-refractivity contribution in [1.82, 2.24) is 20.1 Å². The summed E-state index contributed by atoms with van der Waals surface area (Å²) in [6.07, 6.45) is 0.962. The fourth-order valence-electron chi connectivity index (χ4n) is 4.42. The van der Waals surface area contributed by atoms with Crippen molar-refractivity contribution < 1.29 is 19.1 Å². The topological polar surface area (TPSA) is 84.0 Å². The average molecular weight is 443 g/mol. The highest BCUT2D eigenvalue weighted by Crippen LogP contribution is 2.34. The first-order valence-electron chi connectivity index (χ1n) is 10.7. The Morgan fingerprint density at radius 2 is 2.10 bits per heavy atom. The summed E-state index contributed by atoms with van der Waals surface area (Å²) in [5.41, 5.74) is 3.37. The smallest absolute Gasteiger partial charge is 0.243 e. The number of amides is 2. The first-order valence-corrected chi connectivity index (χ1v) is 11.6. The second-order valence-electron chi connectivity index (χ2n) is 8.18. The van der Waals surface area contributed by atoms with E-state index < -0.39 is 0 Å². The van der Waals surface area contributed by atoms with Gasteiger partial charge in [-0.25, -0.2) is 4.98 Å². The van der Waals surface area contributed by atoms with Crippen LogP contribution in [-0.4, -0.2) is 58.9 Å². The molecule has 2 saturated heterocycles. The first-order chi connectivity index (χ1) is 15.2. The SMILES string of the molecule is O=C1CCC(N2Cc3cccc(OCc4nc(CN5CCOCC5)cs4)c3C2)C(=O)N1. The highest BCUT2D eigenvalue weighted by molar-refractivity contribution is 7.09. The Morgan fingerprint density at radius 3 is 2.94 bits per heavy atom. The predicted molar refractivity (Wildman–Crippen MR) is 114 cm³/mol. The Morgan fingerprint density at radius 1 is 1.23 bits per heavy atom. The van der Waals surface area contributed by atoms with Gasteiger partial charge in [0.05, 0.1) is 24.9 Å². The van der Waals surface area contributed by atoms with E-state index in [-0.39, 0.29) is 17.9 Å². The molecular formula is C22H26N4O4S. The van der Waals surface area contributed by atoms with Gasteiger partial charge in [0, 0.05) is 50.1 Å². The van der Waals surface area contributed by atoms with Crippen LogP contribution in [-0.2, 0) is 40.6 Å². The molecule has 0 saturated carbocycles. The number of nitrogens with one attached hydrogen (secondary N) is 1. The van der Waals surface area contributed by atoms with Gasteiger partial charge >= 0.3 is 0 Å². The van der Waals surface area contributed by atoms with Gasteiger partial charge in [-0.1, -0.05) is 12.1 Å². The third kappa shape index (κ3) is 4.64. The highest BCUT2D eigenvalue weighted by atomic mass is 32.1. The second-order valence-corrected chi connectivity index (χ2v) is 9.12. The van der Waals surface area contributed by atoms with Crippen LogP contribution >= 0.6 is 11.3 Å². The van der Waals surface area contributed by atoms with E-state index in [4.69, 9.17) is 14.5 Å². The summed E-state index contributed by atoms with van der Waals surface area (Å²) >= 11 is 1.63. The first kappa shape index (κ1) is 20.6. The van der Waals surface area contributed by atoms with Crippen LogP contribution in [0.25, 0.3) is 0 Å². The van der Waals surface area contributed by atoms with Gasteiger partial charge in [-0.3, -0.25) is 24.7 Å². The normalized spacial score (nSPS) is 22.4. The number of imide groups is 1. The van der Waals surface area contributed by atoms with E-state index in [2.05, 4.69) is 26.6 Å². The lowest BCUT2D eigenvalue weighted by atomic mass is 10.0. The minimum absolute atomic E-state index is 0.182. The number of piperidine rings is 1. The van der Waals surface area contributed by atoms with Gasteiger partial charge in [-0.15, -0.1) is 11.3 Å². The van der Waals surface area contributed by atoms with Crippen LogP contribution in [0.4, 0.5) is 0 Å². The third-order valence-electron chi connectivity index (χ3n) is 6.06. The molecule has 2 amide bonds. The fraction of sp³-hybridized carbons (Fsp3) is 0.500. The number of thiazole rings is 1. The Labute approximate surface area is 185 Å². The summed E-state index contributed by atoms with van der Waals surface area (Å²) in [7, 11) is 0. The van der Waals surface area contributed by atoms with Gasteiger partial charge in [0.2, 0.25) is 11.8 Å². The molecule has 0 spiro atoms. The summed E-state index contributed by atoms with van der Waals surface area (Å²) in [6.45, 7) is 6.10. The van der Waals surface area contributed by atoms with Crippen molar-refractivity contribution in [2.24, 2.45) is 0 Å². The molecule has 31 heavy (non-hydrogen) atoms. The van der Waals surface area contributed by atoms with E-state index in [1.165, 1.54) is 5.56 Å². The van der Waals surface area contributed by atoms with Crippen molar-refractivity contribution in [2.45, 2.75) is 45.1 Å². The summed E-state index contributed by atoms with van der Waals surface area (Å²) in [5, 5.41) is 5.52. The van der Waals surface area contributed by atoms with Crippen LogP contribution in [0, 0.1) is 0 Å². The molecule has 5 rings (SSSR count). The number of morpholine rings is 1. The summed E-state index contributed by atoms with van der Waals surface area (Å²) in [5.74, 6) is 0.470. The number of carbonyl (C=O) groups is 2. The van der Waals surface area contributed by atoms with Gasteiger partial charge in [0.15, 0.2) is 0 Å². The minimum atomic E-state index is -0.264. The van der Waals surface area contributed by atoms with E-state index in [9.17, 15) is 9.59 Å². The van der Waals surface area contributed by atoms with Crippen LogP contribution in [0.1, 0.15) is 34.7 Å². The zero-order valence-corrected chi connectivity index (χ0v) is 18.2. The molecule has 0 radical (unpaired) electrons. The molecule has 1 aromatic carbocycles. The fourth-order valence-corrected chi connectivity index (χ4v) is 5.11. The van der Waals surface area contributed by atoms with Gasteiger partial charge in [-0.05, 0) is 18.1 Å². The maximum atomic E-state index is 12.3. The zero-order chi connectivity index (χ0) is 21.2. The quantitative estimate of drug-likeness (QED) is 0.682. The molecule has 2 aromatic rings. The molecule has 1 aromatic heterocycles. The molecule has 1 atom stereocenters. The Balaban J connectivity index is 1.20. The average Bonchev–Trinajstić information content (AvgIpc) is 3.40. The molecule has 2 fully saturated rings. The lowest BCUT2D eigenvalue weighted by molar-refractivity contribution is -0.137. The number of carbonyl (C=O) groups excluding carboxylic acids is 2. The predicted octanol–water partition coefficient (Wildman–Crippen LogP) is 1.68. The zero-order valence-electron chi connectivity index (χ0n) is 17.3. The number of hydrogen-bond acceptors (Lipinski definition) is 8. The number of hydrogen-bond donors (Lipinski definition) is 1. The standard InChI is InChI=1S/C22H26N4O4S/c27-20-5-4-18(22(28)24-20)26-10-15-2-1-3-19(17(15)12-26)30-13-21-23-16(14-31-21)11-25-6-8-29-9-7-25/h1-3,14,18H,4-13H2,(H,24,27,28). The maximum absolute atomic E-state index is 12.3. The molecule has 1 unspecified atom stereocenters. The lowest BCUT2D eigenvalue weighted by Crippen LogP contribution is -2.50. The molecular weight excluding hydrogens is 416 g/mol. The number of aromatic nitrogens is 1. The highest BCUT2D eigenvalue weighted by Gasteiger charge is 2.35. The van der Waals surface area contributed by atoms with Crippen molar-refractivity contribution in [3.63, 3.8) is 0 Å². The van der Waals surface area contributed by atoms with Gasteiger partial charge in [0.25, 0.3) is 0 Å². The number of rotatable bonds is 6. The number of benzene rings is 1. The van der Waals surface area contributed by atoms with Gasteiger partial charge in [-0.2, -0.15) is 0 Å². The van der Waals surface area contributed by atoms with Crippen LogP contribution in [0.5, 0.6) is 5.75 Å². The van der Waals surface area contributed by atoms with Crippen molar-refractivity contribution in [3.05, 3.63) is 45.4 Å². The summed E-state index contributed by atoms with van der Waals surface area (Å²) < 4.78 is 11.6. The number of nitrogens with zero attached hydrogens (tertiary/aromatic N) is 3. The molecule has 4 heterocycles. The van der Waals surface area contributed by atoms with E-state index >= 15 is 0 Å². The monoisotopic (exact) mass is 442 g/mol. The van der Waals surface area contributed by atoms with Crippen molar-refractivity contribution in [2.75, 3.05) is 26.3 Å². The van der Waals surface area contributed by atoms with Crippen molar-refractivity contribution in [3.8, 4) is 5.75 Å². The summed E-state index contributed by atoms with van der Waals surface area (Å²) in [6, 6.07) is 5.79. The van der Waals surface area contributed by atoms with E-state index in [0.717, 1.165) is 54.9 Å². The van der Waals surface area contributed by atoms with Crippen LogP contribution in [0.2, 0.25) is 0 Å². The number of ether oxygens (including phenoxy) is 2. The van der Waals surface area contributed by atoms with E-state index in [0.29, 0.717) is 32.5 Å². The van der Waals surface area contributed by atoms with Crippen LogP contribution < -0.4 is 10.1 Å². The molecule has 9 heteroatoms. The van der Waals surface area contributed by atoms with Gasteiger partial charge < -0.3 is 9.47 Å². The molecule has 164 valence electrons. The molecule has 3 aliphatic rings. The van der Waals surface area contributed by atoms with E-state index in [1.807, 2.05) is 12.1 Å². The minimum Gasteiger partial charge on any atom is -0.486 e. The molecule has 3 aliphatic heterocycles. The van der Waals surface area contributed by atoms with Crippen molar-refractivity contribution in [1.29, 1.82) is 0 Å². The largest absolute Gasteiger partial charge is 0.486 e. The Kier molecular flexibility index (Phi) is 5.99. The van der Waals surface area contributed by atoms with Crippen LogP contribution in [0.3, 0.4) is 0 Å². The van der Waals surface area contributed by atoms with Gasteiger partial charge in [0.1, 0.15) is 17.4 Å². The van der Waals surface area contributed by atoms with Crippen LogP contribution in [0.15, 0.2) is 23.6 Å². The summed E-state index contributed by atoms with van der Waals surface area (Å²) in [4.78, 5) is 32.9. The Hall–Kier alpha value is -2.33. The molecule has 0 aliphatic carbocycles. The third-order valence-corrected chi connectivity index (χ3v) is 6.93. The second kappa shape index (κ2) is 9.04. The maximum Gasteiger partial charge on any atom is 0.243 e.